The Morgan fingerprint density at radius 2 is 1.10 bits per heavy atom. The number of nitrogens with zero attached hydrogens (tertiary/aromatic N) is 1. The van der Waals surface area contributed by atoms with Crippen molar-refractivity contribution >= 4 is 17.9 Å². The number of carbonyl (C=O) groups excluding carboxylic acids is 2. The minimum absolute atomic E-state index is 0.0529. The van der Waals surface area contributed by atoms with Gasteiger partial charge < -0.3 is 23.8 Å². The average Bonchev–Trinajstić information content (AvgIpc) is 3.05. The van der Waals surface area contributed by atoms with Crippen LogP contribution >= 0.6 is 0 Å². The van der Waals surface area contributed by atoms with Crippen LogP contribution in [0.1, 0.15) is 155 Å². The first-order chi connectivity index (χ1) is 23.6. The molecule has 0 fully saturated rings. The summed E-state index contributed by atoms with van der Waals surface area (Å²) < 4.78 is 17.2. The van der Waals surface area contributed by atoms with Crippen LogP contribution in [0.3, 0.4) is 0 Å². The number of rotatable bonds is 34. The summed E-state index contributed by atoms with van der Waals surface area (Å²) in [6.45, 7) is 4.62. The van der Waals surface area contributed by atoms with Crippen molar-refractivity contribution in [2.24, 2.45) is 0 Å². The molecule has 0 radical (unpaired) electrons. The smallest absolute Gasteiger partial charge is 0.362 e. The van der Waals surface area contributed by atoms with Crippen molar-refractivity contribution in [3.8, 4) is 0 Å². The van der Waals surface area contributed by atoms with E-state index in [0.717, 1.165) is 77.0 Å². The van der Waals surface area contributed by atoms with Crippen LogP contribution in [-0.2, 0) is 28.6 Å². The lowest BCUT2D eigenvalue weighted by Gasteiger charge is -2.31. The zero-order chi connectivity index (χ0) is 36.4. The van der Waals surface area contributed by atoms with E-state index in [-0.39, 0.29) is 36.2 Å². The van der Waals surface area contributed by atoms with E-state index in [1.807, 2.05) is 21.1 Å². The standard InChI is InChI=1S/C41H73NO7/c1-6-8-10-12-14-16-18-19-20-21-22-24-26-28-30-32-40(44)49-37(35-47-34-33-38(41(45)46)42(3,4)5)36-48-39(43)31-29-27-25-23-17-15-13-11-9-7-2/h13-16,18-19,37-38H,6-12,17,20-36H2,1-5H3/p+1/b15-13+,16-14+,19-18+. The molecule has 0 aliphatic heterocycles. The lowest BCUT2D eigenvalue weighted by Crippen LogP contribution is -2.50. The number of carboxylic acid groups (broad SMARTS) is 1. The van der Waals surface area contributed by atoms with Crippen LogP contribution in [-0.4, -0.2) is 80.6 Å². The van der Waals surface area contributed by atoms with E-state index in [1.165, 1.54) is 44.9 Å². The highest BCUT2D eigenvalue weighted by atomic mass is 16.6. The number of hydrogen-bond acceptors (Lipinski definition) is 6. The molecule has 0 spiro atoms. The summed E-state index contributed by atoms with van der Waals surface area (Å²) >= 11 is 0. The molecule has 0 aromatic heterocycles. The Kier molecular flexibility index (Phi) is 31.1. The van der Waals surface area contributed by atoms with Crippen LogP contribution < -0.4 is 0 Å². The molecule has 8 nitrogen and oxygen atoms in total. The first-order valence-corrected chi connectivity index (χ1v) is 19.5. The van der Waals surface area contributed by atoms with Crippen molar-refractivity contribution in [1.29, 1.82) is 0 Å². The number of ether oxygens (including phenoxy) is 3. The Morgan fingerprint density at radius 1 is 0.612 bits per heavy atom. The second-order valence-corrected chi connectivity index (χ2v) is 14.2. The van der Waals surface area contributed by atoms with Gasteiger partial charge in [-0.1, -0.05) is 115 Å². The maximum atomic E-state index is 12.6. The summed E-state index contributed by atoms with van der Waals surface area (Å²) in [5.41, 5.74) is 0. The number of likely N-dealkylation sites (N-methyl/N-ethyl adjacent to an activating group) is 1. The van der Waals surface area contributed by atoms with Crippen molar-refractivity contribution in [3.05, 3.63) is 36.5 Å². The zero-order valence-corrected chi connectivity index (χ0v) is 32.1. The molecule has 0 rings (SSSR count). The number of allylic oxidation sites excluding steroid dienone is 6. The summed E-state index contributed by atoms with van der Waals surface area (Å²) in [5.74, 6) is -1.50. The van der Waals surface area contributed by atoms with Gasteiger partial charge in [0.05, 0.1) is 34.4 Å². The topological polar surface area (TPSA) is 99.1 Å². The Morgan fingerprint density at radius 3 is 1.65 bits per heavy atom. The first kappa shape index (κ1) is 46.5. The van der Waals surface area contributed by atoms with E-state index < -0.39 is 18.1 Å². The summed E-state index contributed by atoms with van der Waals surface area (Å²) in [7, 11) is 5.51. The number of hydrogen-bond donors (Lipinski definition) is 1. The van der Waals surface area contributed by atoms with Gasteiger partial charge in [-0.15, -0.1) is 0 Å². The van der Waals surface area contributed by atoms with Crippen molar-refractivity contribution in [2.45, 2.75) is 167 Å². The first-order valence-electron chi connectivity index (χ1n) is 19.5. The number of carbonyl (C=O) groups is 3. The third kappa shape index (κ3) is 31.3. The van der Waals surface area contributed by atoms with Gasteiger partial charge in [0.25, 0.3) is 0 Å². The maximum absolute atomic E-state index is 12.6. The van der Waals surface area contributed by atoms with Crippen LogP contribution in [0, 0.1) is 0 Å². The van der Waals surface area contributed by atoms with Crippen LogP contribution in [0.4, 0.5) is 0 Å². The predicted molar refractivity (Wildman–Crippen MR) is 201 cm³/mol. The largest absolute Gasteiger partial charge is 0.477 e. The normalized spacial score (nSPS) is 13.4. The average molecular weight is 693 g/mol. The molecule has 0 bridgehead atoms. The van der Waals surface area contributed by atoms with Gasteiger partial charge in [0.15, 0.2) is 12.1 Å². The van der Waals surface area contributed by atoms with E-state index in [4.69, 9.17) is 14.2 Å². The van der Waals surface area contributed by atoms with E-state index >= 15 is 0 Å². The summed E-state index contributed by atoms with van der Waals surface area (Å²) in [5, 5.41) is 9.58. The lowest BCUT2D eigenvalue weighted by molar-refractivity contribution is -0.887. The molecule has 0 saturated carbocycles. The molecule has 2 atom stereocenters. The Labute approximate surface area is 300 Å². The fourth-order valence-corrected chi connectivity index (χ4v) is 5.41. The molecule has 49 heavy (non-hydrogen) atoms. The molecule has 8 heteroatoms. The van der Waals surface area contributed by atoms with Gasteiger partial charge in [-0.3, -0.25) is 9.59 Å². The lowest BCUT2D eigenvalue weighted by atomic mass is 10.1. The number of unbranched alkanes of at least 4 members (excludes halogenated alkanes) is 15. The molecule has 2 unspecified atom stereocenters. The number of quaternary nitrogens is 1. The molecule has 1 N–H and O–H groups in total. The van der Waals surface area contributed by atoms with Crippen molar-refractivity contribution in [3.63, 3.8) is 0 Å². The monoisotopic (exact) mass is 693 g/mol. The van der Waals surface area contributed by atoms with Crippen LogP contribution in [0.5, 0.6) is 0 Å². The number of aliphatic carboxylic acids is 1. The molecule has 0 aliphatic rings. The number of esters is 2. The summed E-state index contributed by atoms with van der Waals surface area (Å²) in [6.07, 6.45) is 34.7. The molecule has 0 heterocycles. The predicted octanol–water partition coefficient (Wildman–Crippen LogP) is 9.91. The highest BCUT2D eigenvalue weighted by Crippen LogP contribution is 2.13. The molecule has 0 amide bonds. The molecule has 0 saturated heterocycles. The summed E-state index contributed by atoms with van der Waals surface area (Å²) in [4.78, 5) is 36.7. The van der Waals surface area contributed by atoms with Gasteiger partial charge in [0.1, 0.15) is 6.61 Å². The van der Waals surface area contributed by atoms with E-state index in [9.17, 15) is 19.5 Å². The van der Waals surface area contributed by atoms with Crippen LogP contribution in [0.2, 0.25) is 0 Å². The summed E-state index contributed by atoms with van der Waals surface area (Å²) in [6, 6.07) is -0.616. The van der Waals surface area contributed by atoms with Gasteiger partial charge in [0.2, 0.25) is 0 Å². The zero-order valence-electron chi connectivity index (χ0n) is 32.1. The van der Waals surface area contributed by atoms with Crippen molar-refractivity contribution < 1.29 is 38.2 Å². The molecular formula is C41H74NO7+. The molecular weight excluding hydrogens is 618 g/mol. The van der Waals surface area contributed by atoms with E-state index in [2.05, 4.69) is 50.3 Å². The van der Waals surface area contributed by atoms with Gasteiger partial charge >= 0.3 is 17.9 Å². The molecule has 284 valence electrons. The molecule has 0 aromatic rings. The Hall–Kier alpha value is -2.45. The minimum Gasteiger partial charge on any atom is -0.477 e. The second kappa shape index (κ2) is 32.7. The third-order valence-electron chi connectivity index (χ3n) is 8.54. The van der Waals surface area contributed by atoms with Crippen molar-refractivity contribution in [2.75, 3.05) is 41.0 Å². The molecule has 0 aromatic carbocycles. The SMILES string of the molecule is CCCC/C=C/CCCCCCC(=O)OCC(COCCC(C(=O)O)[N+](C)(C)C)OC(=O)CCCCCCCC/C=C/C=C/CCCCC. The number of carboxylic acids is 1. The van der Waals surface area contributed by atoms with Crippen LogP contribution in [0.25, 0.3) is 0 Å². The van der Waals surface area contributed by atoms with Gasteiger partial charge in [-0.05, 0) is 57.8 Å². The van der Waals surface area contributed by atoms with Gasteiger partial charge in [0, 0.05) is 19.3 Å². The fourth-order valence-electron chi connectivity index (χ4n) is 5.41. The van der Waals surface area contributed by atoms with Gasteiger partial charge in [-0.25, -0.2) is 4.79 Å². The Balaban J connectivity index is 4.44. The third-order valence-corrected chi connectivity index (χ3v) is 8.54. The second-order valence-electron chi connectivity index (χ2n) is 14.2. The van der Waals surface area contributed by atoms with E-state index in [0.29, 0.717) is 19.3 Å². The highest BCUT2D eigenvalue weighted by Gasteiger charge is 2.31. The Bertz CT molecular complexity index is 906. The van der Waals surface area contributed by atoms with Crippen LogP contribution in [0.15, 0.2) is 36.5 Å². The fraction of sp³-hybridized carbons (Fsp3) is 0.780. The van der Waals surface area contributed by atoms with E-state index in [1.54, 1.807) is 0 Å². The van der Waals surface area contributed by atoms with Gasteiger partial charge in [-0.2, -0.15) is 0 Å². The quantitative estimate of drug-likeness (QED) is 0.0236. The minimum atomic E-state index is -0.880. The highest BCUT2D eigenvalue weighted by molar-refractivity contribution is 5.72. The maximum Gasteiger partial charge on any atom is 0.362 e. The van der Waals surface area contributed by atoms with Crippen molar-refractivity contribution in [1.82, 2.24) is 0 Å². The molecule has 0 aliphatic carbocycles.